The standard InChI is InChI=1S/C16H26N2O3/c1-5-12(4)21-15-10-13(6-8-17-15)16(20)18-9-7-14(19)11(2)3/h6,8,10-12,14,19H,5,7,9H2,1-4H3,(H,18,20). The topological polar surface area (TPSA) is 71.5 Å². The summed E-state index contributed by atoms with van der Waals surface area (Å²) in [6.07, 6.45) is 2.66. The van der Waals surface area contributed by atoms with Gasteiger partial charge in [0.2, 0.25) is 5.88 Å². The molecule has 0 spiro atoms. The van der Waals surface area contributed by atoms with Crippen LogP contribution in [-0.4, -0.2) is 34.8 Å². The quantitative estimate of drug-likeness (QED) is 0.772. The Bertz CT molecular complexity index is 449. The molecule has 1 aromatic heterocycles. The van der Waals surface area contributed by atoms with Crippen molar-refractivity contribution >= 4 is 5.91 Å². The Morgan fingerprint density at radius 3 is 2.76 bits per heavy atom. The second-order valence-electron chi connectivity index (χ2n) is 5.58. The molecule has 118 valence electrons. The van der Waals surface area contributed by atoms with Crippen LogP contribution in [0.4, 0.5) is 0 Å². The van der Waals surface area contributed by atoms with Gasteiger partial charge in [0, 0.05) is 24.4 Å². The number of ether oxygens (including phenoxy) is 1. The highest BCUT2D eigenvalue weighted by atomic mass is 16.5. The van der Waals surface area contributed by atoms with Gasteiger partial charge in [0.1, 0.15) is 0 Å². The number of carbonyl (C=O) groups is 1. The molecule has 0 saturated heterocycles. The van der Waals surface area contributed by atoms with Gasteiger partial charge in [-0.3, -0.25) is 4.79 Å². The zero-order valence-electron chi connectivity index (χ0n) is 13.3. The van der Waals surface area contributed by atoms with Crippen LogP contribution in [-0.2, 0) is 0 Å². The van der Waals surface area contributed by atoms with Crippen LogP contribution in [0.2, 0.25) is 0 Å². The molecular weight excluding hydrogens is 268 g/mol. The number of aliphatic hydroxyl groups excluding tert-OH is 1. The molecule has 0 radical (unpaired) electrons. The summed E-state index contributed by atoms with van der Waals surface area (Å²) in [5, 5.41) is 12.5. The normalized spacial score (nSPS) is 13.8. The minimum absolute atomic E-state index is 0.0667. The summed E-state index contributed by atoms with van der Waals surface area (Å²) < 4.78 is 5.60. The molecule has 1 aromatic rings. The fourth-order valence-corrected chi connectivity index (χ4v) is 1.67. The number of hydrogen-bond acceptors (Lipinski definition) is 4. The third kappa shape index (κ3) is 6.12. The van der Waals surface area contributed by atoms with Crippen LogP contribution in [0.15, 0.2) is 18.3 Å². The van der Waals surface area contributed by atoms with E-state index in [1.165, 1.54) is 0 Å². The number of nitrogens with one attached hydrogen (secondary N) is 1. The highest BCUT2D eigenvalue weighted by Gasteiger charge is 2.11. The molecule has 0 bridgehead atoms. The number of amides is 1. The van der Waals surface area contributed by atoms with E-state index in [1.807, 2.05) is 27.7 Å². The molecule has 1 amide bonds. The zero-order valence-corrected chi connectivity index (χ0v) is 13.3. The molecule has 2 unspecified atom stereocenters. The lowest BCUT2D eigenvalue weighted by molar-refractivity contribution is 0.0919. The summed E-state index contributed by atoms with van der Waals surface area (Å²) in [7, 11) is 0. The summed E-state index contributed by atoms with van der Waals surface area (Å²) in [6.45, 7) is 8.34. The van der Waals surface area contributed by atoms with Gasteiger partial charge >= 0.3 is 0 Å². The van der Waals surface area contributed by atoms with Crippen molar-refractivity contribution in [1.82, 2.24) is 10.3 Å². The van der Waals surface area contributed by atoms with E-state index in [2.05, 4.69) is 10.3 Å². The molecular formula is C16H26N2O3. The minimum Gasteiger partial charge on any atom is -0.475 e. The second-order valence-corrected chi connectivity index (χ2v) is 5.58. The molecule has 1 rings (SSSR count). The maximum Gasteiger partial charge on any atom is 0.251 e. The maximum atomic E-state index is 12.0. The first-order valence-corrected chi connectivity index (χ1v) is 7.53. The lowest BCUT2D eigenvalue weighted by atomic mass is 10.0. The van der Waals surface area contributed by atoms with E-state index < -0.39 is 6.10 Å². The van der Waals surface area contributed by atoms with Crippen LogP contribution in [0, 0.1) is 5.92 Å². The van der Waals surface area contributed by atoms with Crippen LogP contribution in [0.1, 0.15) is 50.9 Å². The predicted octanol–water partition coefficient (Wildman–Crippen LogP) is 2.40. The molecule has 0 fully saturated rings. The predicted molar refractivity (Wildman–Crippen MR) is 82.4 cm³/mol. The molecule has 2 atom stereocenters. The van der Waals surface area contributed by atoms with Gasteiger partial charge in [-0.25, -0.2) is 4.98 Å². The first-order chi connectivity index (χ1) is 9.93. The van der Waals surface area contributed by atoms with E-state index in [4.69, 9.17) is 4.74 Å². The summed E-state index contributed by atoms with van der Waals surface area (Å²) in [5.74, 6) is 0.472. The Hall–Kier alpha value is -1.62. The van der Waals surface area contributed by atoms with Crippen molar-refractivity contribution in [2.75, 3.05) is 6.54 Å². The Labute approximate surface area is 126 Å². The minimum atomic E-state index is -0.396. The van der Waals surface area contributed by atoms with Gasteiger partial charge in [0.15, 0.2) is 0 Å². The molecule has 1 heterocycles. The lowest BCUT2D eigenvalue weighted by Gasteiger charge is -2.15. The average Bonchev–Trinajstić information content (AvgIpc) is 2.46. The summed E-state index contributed by atoms with van der Waals surface area (Å²) in [4.78, 5) is 16.1. The number of aliphatic hydroxyl groups is 1. The zero-order chi connectivity index (χ0) is 15.8. The largest absolute Gasteiger partial charge is 0.475 e. The van der Waals surface area contributed by atoms with Crippen molar-refractivity contribution in [3.8, 4) is 5.88 Å². The fourth-order valence-electron chi connectivity index (χ4n) is 1.67. The van der Waals surface area contributed by atoms with Gasteiger partial charge in [-0.1, -0.05) is 20.8 Å². The van der Waals surface area contributed by atoms with Gasteiger partial charge in [-0.2, -0.15) is 0 Å². The van der Waals surface area contributed by atoms with Crippen molar-refractivity contribution in [3.05, 3.63) is 23.9 Å². The van der Waals surface area contributed by atoms with E-state index >= 15 is 0 Å². The maximum absolute atomic E-state index is 12.0. The van der Waals surface area contributed by atoms with Crippen LogP contribution < -0.4 is 10.1 Å². The molecule has 0 aliphatic heterocycles. The smallest absolute Gasteiger partial charge is 0.251 e. The number of rotatable bonds is 8. The average molecular weight is 294 g/mol. The van der Waals surface area contributed by atoms with Gasteiger partial charge in [0.25, 0.3) is 5.91 Å². The molecule has 0 aliphatic carbocycles. The summed E-state index contributed by atoms with van der Waals surface area (Å²) in [6, 6.07) is 3.29. The first kappa shape index (κ1) is 17.4. The SMILES string of the molecule is CCC(C)Oc1cc(C(=O)NCCC(O)C(C)C)ccn1. The Morgan fingerprint density at radius 2 is 2.14 bits per heavy atom. The van der Waals surface area contributed by atoms with E-state index in [-0.39, 0.29) is 17.9 Å². The highest BCUT2D eigenvalue weighted by Crippen LogP contribution is 2.12. The molecule has 0 aliphatic rings. The summed E-state index contributed by atoms with van der Waals surface area (Å²) in [5.41, 5.74) is 0.516. The van der Waals surface area contributed by atoms with Crippen LogP contribution in [0.3, 0.4) is 0 Å². The Kier molecular flexibility index (Phi) is 7.15. The van der Waals surface area contributed by atoms with Crippen LogP contribution in [0.25, 0.3) is 0 Å². The van der Waals surface area contributed by atoms with Crippen molar-refractivity contribution in [2.45, 2.75) is 52.7 Å². The van der Waals surface area contributed by atoms with Crippen molar-refractivity contribution in [2.24, 2.45) is 5.92 Å². The van der Waals surface area contributed by atoms with E-state index in [0.29, 0.717) is 24.4 Å². The van der Waals surface area contributed by atoms with Gasteiger partial charge < -0.3 is 15.2 Å². The molecule has 5 heteroatoms. The van der Waals surface area contributed by atoms with E-state index in [0.717, 1.165) is 6.42 Å². The Morgan fingerprint density at radius 1 is 1.43 bits per heavy atom. The van der Waals surface area contributed by atoms with Crippen LogP contribution in [0.5, 0.6) is 5.88 Å². The van der Waals surface area contributed by atoms with Gasteiger partial charge in [0.05, 0.1) is 12.2 Å². The molecule has 0 saturated carbocycles. The number of hydrogen-bond donors (Lipinski definition) is 2. The number of aromatic nitrogens is 1. The molecule has 21 heavy (non-hydrogen) atoms. The number of nitrogens with zero attached hydrogens (tertiary/aromatic N) is 1. The molecule has 2 N–H and O–H groups in total. The molecule has 0 aromatic carbocycles. The third-order valence-electron chi connectivity index (χ3n) is 3.39. The summed E-state index contributed by atoms with van der Waals surface area (Å²) >= 11 is 0. The van der Waals surface area contributed by atoms with Gasteiger partial charge in [-0.15, -0.1) is 0 Å². The van der Waals surface area contributed by atoms with E-state index in [1.54, 1.807) is 18.3 Å². The van der Waals surface area contributed by atoms with Crippen molar-refractivity contribution < 1.29 is 14.6 Å². The first-order valence-electron chi connectivity index (χ1n) is 7.53. The number of pyridine rings is 1. The highest BCUT2D eigenvalue weighted by molar-refractivity contribution is 5.94. The molecule has 5 nitrogen and oxygen atoms in total. The van der Waals surface area contributed by atoms with Crippen LogP contribution >= 0.6 is 0 Å². The van der Waals surface area contributed by atoms with Crippen molar-refractivity contribution in [3.63, 3.8) is 0 Å². The van der Waals surface area contributed by atoms with E-state index in [9.17, 15) is 9.90 Å². The second kappa shape index (κ2) is 8.62. The number of carbonyl (C=O) groups excluding carboxylic acids is 1. The van der Waals surface area contributed by atoms with Crippen molar-refractivity contribution in [1.29, 1.82) is 0 Å². The fraction of sp³-hybridized carbons (Fsp3) is 0.625. The van der Waals surface area contributed by atoms with Gasteiger partial charge in [-0.05, 0) is 31.7 Å². The third-order valence-corrected chi connectivity index (χ3v) is 3.39. The monoisotopic (exact) mass is 294 g/mol. The lowest BCUT2D eigenvalue weighted by Crippen LogP contribution is -2.28. The Balaban J connectivity index is 2.52.